The van der Waals surface area contributed by atoms with E-state index in [2.05, 4.69) is 86.2 Å². The zero-order valence-electron chi connectivity index (χ0n) is 17.7. The van der Waals surface area contributed by atoms with Crippen molar-refractivity contribution in [3.8, 4) is 0 Å². The summed E-state index contributed by atoms with van der Waals surface area (Å²) in [4.78, 5) is 13.3. The third kappa shape index (κ3) is 4.07. The minimum absolute atomic E-state index is 0.393. The molecule has 27 heavy (non-hydrogen) atoms. The van der Waals surface area contributed by atoms with Crippen LogP contribution in [0.15, 0.2) is 18.5 Å². The van der Waals surface area contributed by atoms with E-state index >= 15 is 0 Å². The molecule has 146 valence electrons. The molecule has 5 nitrogen and oxygen atoms in total. The second-order valence-corrected chi connectivity index (χ2v) is 8.48. The highest BCUT2D eigenvalue weighted by atomic mass is 15.2. The van der Waals surface area contributed by atoms with Crippen LogP contribution in [0, 0.1) is 44.4 Å². The van der Waals surface area contributed by atoms with E-state index in [-0.39, 0.29) is 0 Å². The maximum absolute atomic E-state index is 4.61. The lowest BCUT2D eigenvalue weighted by Gasteiger charge is -2.42. The van der Waals surface area contributed by atoms with E-state index in [4.69, 9.17) is 0 Å². The number of hydrogen-bond donors (Lipinski definition) is 2. The van der Waals surface area contributed by atoms with Crippen LogP contribution in [0.3, 0.4) is 0 Å². The van der Waals surface area contributed by atoms with Gasteiger partial charge in [0.05, 0.1) is 0 Å². The maximum Gasteiger partial charge on any atom is 0.232 e. The summed E-state index contributed by atoms with van der Waals surface area (Å²) in [6, 6.07) is 4.60. The van der Waals surface area contributed by atoms with Crippen LogP contribution in [-0.2, 0) is 0 Å². The molecule has 2 aromatic rings. The van der Waals surface area contributed by atoms with Gasteiger partial charge in [0.15, 0.2) is 0 Å². The molecule has 0 radical (unpaired) electrons. The zero-order chi connectivity index (χ0) is 19.7. The predicted octanol–water partition coefficient (Wildman–Crippen LogP) is 5.27. The van der Waals surface area contributed by atoms with Gasteiger partial charge in [0.2, 0.25) is 11.9 Å². The van der Waals surface area contributed by atoms with Crippen molar-refractivity contribution >= 4 is 17.6 Å². The van der Waals surface area contributed by atoms with Gasteiger partial charge in [0, 0.05) is 11.7 Å². The van der Waals surface area contributed by atoms with Gasteiger partial charge in [-0.3, -0.25) is 0 Å². The second-order valence-electron chi connectivity index (χ2n) is 8.48. The minimum Gasteiger partial charge on any atom is -0.351 e. The van der Waals surface area contributed by atoms with Gasteiger partial charge in [0.25, 0.3) is 0 Å². The maximum atomic E-state index is 4.61. The van der Waals surface area contributed by atoms with Crippen molar-refractivity contribution in [2.24, 2.45) is 23.7 Å². The summed E-state index contributed by atoms with van der Waals surface area (Å²) in [6.07, 6.45) is 2.73. The molecule has 1 aliphatic carbocycles. The molecule has 2 N–H and O–H groups in total. The Morgan fingerprint density at radius 2 is 1.56 bits per heavy atom. The molecule has 0 saturated heterocycles. The fourth-order valence-corrected chi connectivity index (χ4v) is 4.19. The van der Waals surface area contributed by atoms with Crippen LogP contribution in [0.4, 0.5) is 17.6 Å². The van der Waals surface area contributed by atoms with Crippen LogP contribution in [0.2, 0.25) is 0 Å². The third-order valence-electron chi connectivity index (χ3n) is 7.01. The number of anilines is 3. The van der Waals surface area contributed by atoms with Gasteiger partial charge in [-0.2, -0.15) is 4.98 Å². The first kappa shape index (κ1) is 19.6. The van der Waals surface area contributed by atoms with Gasteiger partial charge < -0.3 is 10.6 Å². The van der Waals surface area contributed by atoms with E-state index in [1.807, 2.05) is 0 Å². The van der Waals surface area contributed by atoms with Gasteiger partial charge in [-0.05, 0) is 73.6 Å². The number of nitrogens with zero attached hydrogens (tertiary/aromatic N) is 3. The van der Waals surface area contributed by atoms with Crippen LogP contribution in [-0.4, -0.2) is 21.0 Å². The summed E-state index contributed by atoms with van der Waals surface area (Å²) >= 11 is 0. The van der Waals surface area contributed by atoms with E-state index < -0.39 is 0 Å². The summed E-state index contributed by atoms with van der Waals surface area (Å²) in [5.74, 6) is 3.96. The molecule has 1 heterocycles. The molecule has 5 unspecified atom stereocenters. The van der Waals surface area contributed by atoms with E-state index in [1.165, 1.54) is 16.7 Å². The summed E-state index contributed by atoms with van der Waals surface area (Å²) in [6.45, 7) is 15.8. The molecule has 3 rings (SSSR count). The highest BCUT2D eigenvalue weighted by Gasteiger charge is 2.36. The Labute approximate surface area is 163 Å². The number of aromatic nitrogens is 3. The number of benzene rings is 1. The first-order chi connectivity index (χ1) is 12.8. The molecule has 1 fully saturated rings. The first-order valence-corrected chi connectivity index (χ1v) is 10.1. The van der Waals surface area contributed by atoms with Crippen LogP contribution < -0.4 is 10.6 Å². The molecular weight excluding hydrogens is 334 g/mol. The summed E-state index contributed by atoms with van der Waals surface area (Å²) < 4.78 is 0. The van der Waals surface area contributed by atoms with Crippen molar-refractivity contribution in [2.75, 3.05) is 10.6 Å². The number of hydrogen-bond acceptors (Lipinski definition) is 5. The molecule has 0 amide bonds. The van der Waals surface area contributed by atoms with Crippen LogP contribution in [0.5, 0.6) is 0 Å². The highest BCUT2D eigenvalue weighted by molar-refractivity contribution is 5.61. The highest BCUT2D eigenvalue weighted by Crippen LogP contribution is 2.39. The fourth-order valence-electron chi connectivity index (χ4n) is 4.19. The number of nitrogens with one attached hydrogen (secondary N) is 2. The lowest BCUT2D eigenvalue weighted by molar-refractivity contribution is 0.123. The van der Waals surface area contributed by atoms with Crippen LogP contribution in [0.1, 0.15) is 50.8 Å². The van der Waals surface area contributed by atoms with Crippen molar-refractivity contribution in [2.45, 2.75) is 60.9 Å². The quantitative estimate of drug-likeness (QED) is 0.771. The fraction of sp³-hybridized carbons (Fsp3) is 0.591. The SMILES string of the molecule is Cc1ccc(Nc2ncnc(NC3CC(C)C(C)C(C)C3C)n2)c(C)c1C. The van der Waals surface area contributed by atoms with Gasteiger partial charge in [-0.15, -0.1) is 0 Å². The topological polar surface area (TPSA) is 62.7 Å². The van der Waals surface area contributed by atoms with E-state index in [9.17, 15) is 0 Å². The van der Waals surface area contributed by atoms with E-state index in [1.54, 1.807) is 6.33 Å². The molecule has 1 aromatic heterocycles. The van der Waals surface area contributed by atoms with Crippen LogP contribution >= 0.6 is 0 Å². The average molecular weight is 368 g/mol. The molecule has 1 saturated carbocycles. The molecular formula is C22H33N5. The van der Waals surface area contributed by atoms with E-state index in [0.717, 1.165) is 18.0 Å². The molecule has 0 bridgehead atoms. The largest absolute Gasteiger partial charge is 0.351 e. The second kappa shape index (κ2) is 7.83. The molecule has 5 heteroatoms. The standard InChI is InChI=1S/C22H33N5/c1-12-8-9-19(17(6)14(12)3)25-21-23-11-24-22(27-21)26-20-10-13(2)15(4)16(5)18(20)7/h8-9,11,13,15-16,18,20H,10H2,1-7H3,(H2,23,24,25,26,27). The van der Waals surface area contributed by atoms with Gasteiger partial charge in [-0.25, -0.2) is 9.97 Å². The smallest absolute Gasteiger partial charge is 0.232 e. The van der Waals surface area contributed by atoms with Crippen molar-refractivity contribution in [3.05, 3.63) is 35.2 Å². The lowest BCUT2D eigenvalue weighted by Crippen LogP contribution is -2.42. The molecule has 0 spiro atoms. The Morgan fingerprint density at radius 3 is 2.30 bits per heavy atom. The Balaban J connectivity index is 1.75. The van der Waals surface area contributed by atoms with Crippen molar-refractivity contribution in [1.29, 1.82) is 0 Å². The predicted molar refractivity (Wildman–Crippen MR) is 112 cm³/mol. The Kier molecular flexibility index (Phi) is 5.68. The Morgan fingerprint density at radius 1 is 0.852 bits per heavy atom. The average Bonchev–Trinajstić information content (AvgIpc) is 2.65. The zero-order valence-corrected chi connectivity index (χ0v) is 17.7. The third-order valence-corrected chi connectivity index (χ3v) is 7.01. The van der Waals surface area contributed by atoms with Crippen LogP contribution in [0.25, 0.3) is 0 Å². The Hall–Kier alpha value is -2.17. The molecule has 1 aliphatic rings. The van der Waals surface area contributed by atoms with Crippen molar-refractivity contribution in [1.82, 2.24) is 15.0 Å². The lowest BCUT2D eigenvalue weighted by atomic mass is 9.67. The van der Waals surface area contributed by atoms with Gasteiger partial charge >= 0.3 is 0 Å². The van der Waals surface area contributed by atoms with E-state index in [0.29, 0.717) is 35.7 Å². The van der Waals surface area contributed by atoms with Gasteiger partial charge in [0.1, 0.15) is 6.33 Å². The molecule has 0 aliphatic heterocycles. The Bertz CT molecular complexity index is 803. The van der Waals surface area contributed by atoms with Gasteiger partial charge in [-0.1, -0.05) is 33.8 Å². The summed E-state index contributed by atoms with van der Waals surface area (Å²) in [5, 5.41) is 6.92. The van der Waals surface area contributed by atoms with Crippen molar-refractivity contribution < 1.29 is 0 Å². The molecule has 1 aromatic carbocycles. The summed E-state index contributed by atoms with van der Waals surface area (Å²) in [7, 11) is 0. The first-order valence-electron chi connectivity index (χ1n) is 10.1. The summed E-state index contributed by atoms with van der Waals surface area (Å²) in [5.41, 5.74) is 4.85. The number of aryl methyl sites for hydroxylation is 1. The molecule has 5 atom stereocenters. The minimum atomic E-state index is 0.393. The number of rotatable bonds is 4. The van der Waals surface area contributed by atoms with Crippen molar-refractivity contribution in [3.63, 3.8) is 0 Å². The monoisotopic (exact) mass is 367 g/mol. The normalized spacial score (nSPS) is 28.0.